The Hall–Kier alpha value is -0.730. The van der Waals surface area contributed by atoms with Gasteiger partial charge in [0.15, 0.2) is 0 Å². The topological polar surface area (TPSA) is 17.8 Å². The number of aromatic nitrogens is 2. The van der Waals surface area contributed by atoms with Crippen LogP contribution in [0, 0.1) is 5.92 Å². The highest BCUT2D eigenvalue weighted by Crippen LogP contribution is 2.37. The van der Waals surface area contributed by atoms with Crippen molar-refractivity contribution >= 4 is 34.2 Å². The molecule has 1 atom stereocenters. The van der Waals surface area contributed by atoms with Crippen molar-refractivity contribution in [1.29, 1.82) is 0 Å². The predicted molar refractivity (Wildman–Crippen MR) is 81.0 cm³/mol. The minimum atomic E-state index is 0.444. The Kier molecular flexibility index (Phi) is 3.72. The van der Waals surface area contributed by atoms with E-state index in [4.69, 9.17) is 23.2 Å². The molecule has 1 unspecified atom stereocenters. The van der Waals surface area contributed by atoms with Gasteiger partial charge in [-0.15, -0.1) is 11.6 Å². The molecule has 1 heterocycles. The van der Waals surface area contributed by atoms with E-state index in [9.17, 15) is 0 Å². The van der Waals surface area contributed by atoms with Gasteiger partial charge in [-0.25, -0.2) is 4.98 Å². The molecule has 0 radical (unpaired) electrons. The molecular formula is C15H18Cl2N2. The molecular weight excluding hydrogens is 279 g/mol. The normalized spacial score (nSPS) is 18.3. The molecule has 102 valence electrons. The van der Waals surface area contributed by atoms with Gasteiger partial charge in [0.2, 0.25) is 0 Å². The lowest BCUT2D eigenvalue weighted by atomic mass is 9.99. The number of hydrogen-bond donors (Lipinski definition) is 0. The highest BCUT2D eigenvalue weighted by molar-refractivity contribution is 6.31. The van der Waals surface area contributed by atoms with Gasteiger partial charge in [0.1, 0.15) is 5.82 Å². The monoisotopic (exact) mass is 296 g/mol. The summed E-state index contributed by atoms with van der Waals surface area (Å²) in [4.78, 5) is 4.64. The van der Waals surface area contributed by atoms with E-state index in [-0.39, 0.29) is 0 Å². The van der Waals surface area contributed by atoms with Crippen molar-refractivity contribution in [2.75, 3.05) is 0 Å². The molecule has 4 heteroatoms. The average molecular weight is 297 g/mol. The summed E-state index contributed by atoms with van der Waals surface area (Å²) < 4.78 is 2.30. The summed E-state index contributed by atoms with van der Waals surface area (Å²) in [6, 6.07) is 6.32. The van der Waals surface area contributed by atoms with Crippen LogP contribution in [0.5, 0.6) is 0 Å². The summed E-state index contributed by atoms with van der Waals surface area (Å²) in [5, 5.41) is 0.758. The van der Waals surface area contributed by atoms with E-state index in [1.807, 2.05) is 18.2 Å². The molecule has 1 aliphatic rings. The fourth-order valence-corrected chi connectivity index (χ4v) is 3.67. The summed E-state index contributed by atoms with van der Waals surface area (Å²) in [6.07, 6.45) is 5.31. The molecule has 1 saturated carbocycles. The van der Waals surface area contributed by atoms with E-state index in [1.165, 1.54) is 25.7 Å². The molecule has 2 aromatic rings. The molecule has 0 amide bonds. The first-order valence-electron chi connectivity index (χ1n) is 6.93. The van der Waals surface area contributed by atoms with Gasteiger partial charge in [0.05, 0.1) is 16.9 Å². The third-order valence-corrected chi connectivity index (χ3v) is 4.81. The van der Waals surface area contributed by atoms with Crippen LogP contribution in [0.2, 0.25) is 5.02 Å². The quantitative estimate of drug-likeness (QED) is 0.714. The first-order chi connectivity index (χ1) is 9.20. The summed E-state index contributed by atoms with van der Waals surface area (Å²) in [5.74, 6) is 2.14. The van der Waals surface area contributed by atoms with Crippen molar-refractivity contribution in [2.24, 2.45) is 5.92 Å². The molecule has 1 aromatic heterocycles. The molecule has 19 heavy (non-hydrogen) atoms. The zero-order chi connectivity index (χ0) is 13.4. The van der Waals surface area contributed by atoms with Crippen molar-refractivity contribution < 1.29 is 0 Å². The maximum Gasteiger partial charge on any atom is 0.125 e. The standard InChI is InChI=1S/C15H18Cl2N2/c1-10(11-4-2-3-5-11)19-14-8-12(17)6-7-13(14)18-15(19)9-16/h6-8,10-11H,2-5,9H2,1H3. The van der Waals surface area contributed by atoms with Crippen LogP contribution >= 0.6 is 23.2 Å². The smallest absolute Gasteiger partial charge is 0.125 e. The first kappa shape index (κ1) is 13.3. The number of fused-ring (bicyclic) bond motifs is 1. The fourth-order valence-electron chi connectivity index (χ4n) is 3.32. The number of nitrogens with zero attached hydrogens (tertiary/aromatic N) is 2. The largest absolute Gasteiger partial charge is 0.324 e. The molecule has 0 N–H and O–H groups in total. The maximum atomic E-state index is 6.13. The Balaban J connectivity index is 2.11. The van der Waals surface area contributed by atoms with E-state index in [1.54, 1.807) is 0 Å². The summed E-state index contributed by atoms with van der Waals surface area (Å²) in [7, 11) is 0. The van der Waals surface area contributed by atoms with Gasteiger partial charge < -0.3 is 4.57 Å². The summed E-state index contributed by atoms with van der Waals surface area (Å²) in [6.45, 7) is 2.29. The number of hydrogen-bond acceptors (Lipinski definition) is 1. The first-order valence-corrected chi connectivity index (χ1v) is 7.84. The van der Waals surface area contributed by atoms with E-state index >= 15 is 0 Å². The Morgan fingerprint density at radius 3 is 2.79 bits per heavy atom. The van der Waals surface area contributed by atoms with Gasteiger partial charge in [-0.3, -0.25) is 0 Å². The number of halogens is 2. The lowest BCUT2D eigenvalue weighted by Crippen LogP contribution is -2.16. The van der Waals surface area contributed by atoms with Gasteiger partial charge in [-0.1, -0.05) is 24.4 Å². The molecule has 2 nitrogen and oxygen atoms in total. The number of alkyl halides is 1. The van der Waals surface area contributed by atoms with Crippen LogP contribution in [0.25, 0.3) is 11.0 Å². The van der Waals surface area contributed by atoms with Crippen molar-refractivity contribution in [2.45, 2.75) is 44.5 Å². The number of benzene rings is 1. The number of imidazole rings is 1. The maximum absolute atomic E-state index is 6.13. The molecule has 1 fully saturated rings. The lowest BCUT2D eigenvalue weighted by Gasteiger charge is -2.23. The van der Waals surface area contributed by atoms with Crippen molar-refractivity contribution in [1.82, 2.24) is 9.55 Å². The van der Waals surface area contributed by atoms with Crippen LogP contribution in [0.15, 0.2) is 18.2 Å². The second-order valence-electron chi connectivity index (χ2n) is 5.45. The van der Waals surface area contributed by atoms with Crippen LogP contribution in [0.4, 0.5) is 0 Å². The predicted octanol–water partition coefficient (Wildman–Crippen LogP) is 5.18. The molecule has 0 spiro atoms. The van der Waals surface area contributed by atoms with E-state index in [2.05, 4.69) is 16.5 Å². The van der Waals surface area contributed by atoms with E-state index in [0.717, 1.165) is 27.8 Å². The minimum absolute atomic E-state index is 0.444. The molecule has 0 aliphatic heterocycles. The van der Waals surface area contributed by atoms with Gasteiger partial charge in [-0.2, -0.15) is 0 Å². The van der Waals surface area contributed by atoms with Crippen LogP contribution in [-0.4, -0.2) is 9.55 Å². The van der Waals surface area contributed by atoms with Crippen LogP contribution in [0.1, 0.15) is 44.5 Å². The molecule has 1 aromatic carbocycles. The fraction of sp³-hybridized carbons (Fsp3) is 0.533. The zero-order valence-electron chi connectivity index (χ0n) is 11.1. The van der Waals surface area contributed by atoms with Crippen LogP contribution in [0.3, 0.4) is 0 Å². The van der Waals surface area contributed by atoms with Crippen molar-refractivity contribution in [3.05, 3.63) is 29.0 Å². The van der Waals surface area contributed by atoms with E-state index < -0.39 is 0 Å². The minimum Gasteiger partial charge on any atom is -0.324 e. The molecule has 1 aliphatic carbocycles. The summed E-state index contributed by atoms with van der Waals surface area (Å²) in [5.41, 5.74) is 2.10. The lowest BCUT2D eigenvalue weighted by molar-refractivity contribution is 0.362. The van der Waals surface area contributed by atoms with Gasteiger partial charge in [-0.05, 0) is 43.9 Å². The Bertz CT molecular complexity index is 585. The van der Waals surface area contributed by atoms with Gasteiger partial charge >= 0.3 is 0 Å². The Labute approximate surface area is 123 Å². The highest BCUT2D eigenvalue weighted by atomic mass is 35.5. The number of rotatable bonds is 3. The average Bonchev–Trinajstić information content (AvgIpc) is 3.04. The molecule has 0 bridgehead atoms. The van der Waals surface area contributed by atoms with Crippen LogP contribution < -0.4 is 0 Å². The van der Waals surface area contributed by atoms with Gasteiger partial charge in [0, 0.05) is 11.1 Å². The second kappa shape index (κ2) is 5.34. The van der Waals surface area contributed by atoms with Crippen molar-refractivity contribution in [3.63, 3.8) is 0 Å². The van der Waals surface area contributed by atoms with Gasteiger partial charge in [0.25, 0.3) is 0 Å². The third kappa shape index (κ3) is 2.36. The zero-order valence-corrected chi connectivity index (χ0v) is 12.6. The van der Waals surface area contributed by atoms with Crippen molar-refractivity contribution in [3.8, 4) is 0 Å². The molecule has 3 rings (SSSR count). The second-order valence-corrected chi connectivity index (χ2v) is 6.15. The highest BCUT2D eigenvalue weighted by Gasteiger charge is 2.25. The third-order valence-electron chi connectivity index (χ3n) is 4.33. The summed E-state index contributed by atoms with van der Waals surface area (Å²) >= 11 is 12.2. The Morgan fingerprint density at radius 2 is 2.11 bits per heavy atom. The van der Waals surface area contributed by atoms with E-state index in [0.29, 0.717) is 11.9 Å². The molecule has 0 saturated heterocycles. The van der Waals surface area contributed by atoms with Crippen LogP contribution in [-0.2, 0) is 5.88 Å². The Morgan fingerprint density at radius 1 is 1.37 bits per heavy atom. The SMILES string of the molecule is CC(C1CCCC1)n1c(CCl)nc2ccc(Cl)cc21.